The molecule has 4 rings (SSSR count). The summed E-state index contributed by atoms with van der Waals surface area (Å²) >= 11 is 6.26. The van der Waals surface area contributed by atoms with Gasteiger partial charge in [0.15, 0.2) is 0 Å². The molecule has 0 saturated carbocycles. The zero-order valence-electron chi connectivity index (χ0n) is 14.5. The van der Waals surface area contributed by atoms with Crippen molar-refractivity contribution in [1.29, 1.82) is 5.26 Å². The quantitative estimate of drug-likeness (QED) is 0.494. The number of non-ortho nitro benzene ring substituents is 1. The molecule has 1 unspecified atom stereocenters. The first-order valence-electron chi connectivity index (χ1n) is 8.27. The molecule has 10 heteroatoms. The monoisotopic (exact) mass is 411 g/mol. The minimum Gasteiger partial charge on any atom is -0.420 e. The summed E-state index contributed by atoms with van der Waals surface area (Å²) in [7, 11) is 0. The molecule has 3 aromatic rings. The van der Waals surface area contributed by atoms with Gasteiger partial charge < -0.3 is 10.5 Å². The number of nitrogens with one attached hydrogen (secondary N) is 1. The molecule has 1 aliphatic rings. The standard InChI is InChI=1S/C19H11ClFN5O3/c20-12-5-2-6-13(21)15(12)14-11(8-22)18(23)29-19-16(14)17(24-25-19)9-3-1-4-10(7-9)26(27)28/h1-7,14H,23H2,(H,24,25). The van der Waals surface area contributed by atoms with E-state index < -0.39 is 16.7 Å². The summed E-state index contributed by atoms with van der Waals surface area (Å²) in [6.07, 6.45) is 0. The van der Waals surface area contributed by atoms with E-state index in [1.165, 1.54) is 36.4 Å². The van der Waals surface area contributed by atoms with E-state index in [0.29, 0.717) is 16.8 Å². The molecule has 0 saturated heterocycles. The molecule has 0 bridgehead atoms. The average molecular weight is 412 g/mol. The van der Waals surface area contributed by atoms with Crippen molar-refractivity contribution < 1.29 is 14.1 Å². The Morgan fingerprint density at radius 3 is 2.76 bits per heavy atom. The number of allylic oxidation sites excluding steroid dienone is 1. The molecule has 8 nitrogen and oxygen atoms in total. The maximum absolute atomic E-state index is 14.8. The van der Waals surface area contributed by atoms with E-state index in [1.807, 2.05) is 6.07 Å². The SMILES string of the molecule is N#CC1=C(N)Oc2n[nH]c(-c3cccc([N+](=O)[O-])c3)c2C1c1c(F)cccc1Cl. The highest BCUT2D eigenvalue weighted by Crippen LogP contribution is 2.48. The molecule has 2 heterocycles. The number of ether oxygens (including phenoxy) is 1. The van der Waals surface area contributed by atoms with Crippen molar-refractivity contribution in [2.75, 3.05) is 0 Å². The number of aromatic nitrogens is 2. The summed E-state index contributed by atoms with van der Waals surface area (Å²) in [5.74, 6) is -1.83. The lowest BCUT2D eigenvalue weighted by Crippen LogP contribution is -2.21. The molecule has 0 fully saturated rings. The summed E-state index contributed by atoms with van der Waals surface area (Å²) in [5.41, 5.74) is 6.76. The zero-order chi connectivity index (χ0) is 20.7. The first-order chi connectivity index (χ1) is 13.9. The minimum absolute atomic E-state index is 0.0336. The number of halogens is 2. The van der Waals surface area contributed by atoms with Crippen LogP contribution in [0.25, 0.3) is 11.3 Å². The Hall–Kier alpha value is -3.90. The highest BCUT2D eigenvalue weighted by molar-refractivity contribution is 6.31. The van der Waals surface area contributed by atoms with Crippen LogP contribution in [0.3, 0.4) is 0 Å². The maximum Gasteiger partial charge on any atom is 0.270 e. The van der Waals surface area contributed by atoms with Crippen LogP contribution in [-0.4, -0.2) is 15.1 Å². The molecular weight excluding hydrogens is 401 g/mol. The van der Waals surface area contributed by atoms with E-state index >= 15 is 0 Å². The fourth-order valence-electron chi connectivity index (χ4n) is 3.32. The van der Waals surface area contributed by atoms with Gasteiger partial charge >= 0.3 is 0 Å². The molecule has 1 atom stereocenters. The van der Waals surface area contributed by atoms with Gasteiger partial charge in [-0.15, -0.1) is 5.10 Å². The van der Waals surface area contributed by atoms with Crippen molar-refractivity contribution >= 4 is 17.3 Å². The van der Waals surface area contributed by atoms with E-state index in [-0.39, 0.29) is 33.6 Å². The molecule has 0 spiro atoms. The van der Waals surface area contributed by atoms with E-state index in [1.54, 1.807) is 6.07 Å². The summed E-state index contributed by atoms with van der Waals surface area (Å²) in [6.45, 7) is 0. The molecule has 2 aromatic carbocycles. The van der Waals surface area contributed by atoms with Crippen LogP contribution in [0.15, 0.2) is 53.9 Å². The Labute approximate surface area is 168 Å². The van der Waals surface area contributed by atoms with Crippen molar-refractivity contribution in [1.82, 2.24) is 10.2 Å². The number of fused-ring (bicyclic) bond motifs is 1. The van der Waals surface area contributed by atoms with Crippen LogP contribution in [0.5, 0.6) is 5.88 Å². The van der Waals surface area contributed by atoms with Gasteiger partial charge in [0.05, 0.1) is 22.1 Å². The van der Waals surface area contributed by atoms with Crippen LogP contribution >= 0.6 is 11.6 Å². The molecule has 29 heavy (non-hydrogen) atoms. The predicted molar refractivity (Wildman–Crippen MR) is 101 cm³/mol. The first kappa shape index (κ1) is 18.5. The van der Waals surface area contributed by atoms with Gasteiger partial charge in [-0.05, 0) is 12.1 Å². The van der Waals surface area contributed by atoms with Gasteiger partial charge in [-0.1, -0.05) is 29.8 Å². The fraction of sp³-hybridized carbons (Fsp3) is 0.0526. The first-order valence-corrected chi connectivity index (χ1v) is 8.64. The van der Waals surface area contributed by atoms with Gasteiger partial charge in [-0.25, -0.2) is 4.39 Å². The number of nitro groups is 1. The van der Waals surface area contributed by atoms with Gasteiger partial charge in [0.25, 0.3) is 5.69 Å². The second-order valence-corrected chi connectivity index (χ2v) is 6.59. The second-order valence-electron chi connectivity index (χ2n) is 6.19. The normalized spacial score (nSPS) is 15.4. The van der Waals surface area contributed by atoms with Crippen molar-refractivity contribution in [3.8, 4) is 23.2 Å². The Kier molecular flexibility index (Phi) is 4.41. The Morgan fingerprint density at radius 2 is 2.07 bits per heavy atom. The summed E-state index contributed by atoms with van der Waals surface area (Å²) < 4.78 is 20.2. The predicted octanol–water partition coefficient (Wildman–Crippen LogP) is 4.00. The summed E-state index contributed by atoms with van der Waals surface area (Å²) in [5, 5.41) is 27.7. The van der Waals surface area contributed by atoms with Crippen molar-refractivity contribution in [3.63, 3.8) is 0 Å². The van der Waals surface area contributed by atoms with Crippen LogP contribution in [0.2, 0.25) is 5.02 Å². The van der Waals surface area contributed by atoms with Gasteiger partial charge in [-0.3, -0.25) is 15.2 Å². The van der Waals surface area contributed by atoms with E-state index in [9.17, 15) is 19.8 Å². The van der Waals surface area contributed by atoms with Crippen LogP contribution in [0.4, 0.5) is 10.1 Å². The number of benzene rings is 2. The van der Waals surface area contributed by atoms with Crippen LogP contribution in [0, 0.1) is 27.3 Å². The van der Waals surface area contributed by atoms with Gasteiger partial charge in [0.2, 0.25) is 11.8 Å². The second kappa shape index (κ2) is 6.92. The molecule has 1 aliphatic heterocycles. The van der Waals surface area contributed by atoms with Crippen molar-refractivity contribution in [2.45, 2.75) is 5.92 Å². The summed E-state index contributed by atoms with van der Waals surface area (Å²) in [6, 6.07) is 11.9. The number of hydrogen-bond donors (Lipinski definition) is 2. The van der Waals surface area contributed by atoms with Gasteiger partial charge in [0, 0.05) is 28.3 Å². The number of H-pyrrole nitrogens is 1. The third-order valence-electron chi connectivity index (χ3n) is 4.57. The number of aromatic amines is 1. The lowest BCUT2D eigenvalue weighted by atomic mass is 9.82. The van der Waals surface area contributed by atoms with E-state index in [0.717, 1.165) is 0 Å². The number of nitrogens with zero attached hydrogens (tertiary/aromatic N) is 3. The number of nitrogens with two attached hydrogens (primary N) is 1. The maximum atomic E-state index is 14.8. The third-order valence-corrected chi connectivity index (χ3v) is 4.90. The zero-order valence-corrected chi connectivity index (χ0v) is 15.3. The smallest absolute Gasteiger partial charge is 0.270 e. The van der Waals surface area contributed by atoms with Gasteiger partial charge in [0.1, 0.15) is 17.5 Å². The topological polar surface area (TPSA) is 131 Å². The van der Waals surface area contributed by atoms with Crippen molar-refractivity contribution in [3.05, 3.63) is 86.0 Å². The molecule has 0 aliphatic carbocycles. The molecule has 1 aromatic heterocycles. The van der Waals surface area contributed by atoms with Crippen LogP contribution in [0.1, 0.15) is 17.0 Å². The third kappa shape index (κ3) is 2.96. The van der Waals surface area contributed by atoms with Gasteiger partial charge in [-0.2, -0.15) is 5.26 Å². The average Bonchev–Trinajstić information content (AvgIpc) is 3.11. The Bertz CT molecular complexity index is 1210. The van der Waals surface area contributed by atoms with Crippen LogP contribution < -0.4 is 10.5 Å². The van der Waals surface area contributed by atoms with E-state index in [4.69, 9.17) is 22.1 Å². The van der Waals surface area contributed by atoms with Crippen molar-refractivity contribution in [2.24, 2.45) is 5.73 Å². The van der Waals surface area contributed by atoms with E-state index in [2.05, 4.69) is 10.2 Å². The lowest BCUT2D eigenvalue weighted by Gasteiger charge is -2.25. The van der Waals surface area contributed by atoms with Crippen LogP contribution in [-0.2, 0) is 0 Å². The number of nitriles is 1. The molecule has 0 amide bonds. The number of hydrogen-bond acceptors (Lipinski definition) is 6. The molecule has 3 N–H and O–H groups in total. The highest BCUT2D eigenvalue weighted by Gasteiger charge is 2.38. The summed E-state index contributed by atoms with van der Waals surface area (Å²) in [4.78, 5) is 10.6. The number of rotatable bonds is 3. The highest BCUT2D eigenvalue weighted by atomic mass is 35.5. The number of nitro benzene ring substituents is 1. The Balaban J connectivity index is 2.00. The minimum atomic E-state index is -1.01. The molecule has 0 radical (unpaired) electrons. The molecule has 144 valence electrons. The largest absolute Gasteiger partial charge is 0.420 e. The lowest BCUT2D eigenvalue weighted by molar-refractivity contribution is -0.384. The Morgan fingerprint density at radius 1 is 1.31 bits per heavy atom. The molecular formula is C19H11ClFN5O3. The fourth-order valence-corrected chi connectivity index (χ4v) is 3.59.